The summed E-state index contributed by atoms with van der Waals surface area (Å²) < 4.78 is 31.3. The van der Waals surface area contributed by atoms with Crippen LogP contribution >= 0.6 is 11.6 Å². The van der Waals surface area contributed by atoms with Gasteiger partial charge in [-0.25, -0.2) is 4.39 Å². The average molecular weight is 528 g/mol. The van der Waals surface area contributed by atoms with Crippen LogP contribution in [0.25, 0.3) is 11.0 Å². The average Bonchev–Trinajstić information content (AvgIpc) is 3.22. The van der Waals surface area contributed by atoms with Crippen LogP contribution in [0.1, 0.15) is 27.7 Å². The van der Waals surface area contributed by atoms with Crippen LogP contribution in [0.5, 0.6) is 17.2 Å². The van der Waals surface area contributed by atoms with E-state index in [1.54, 1.807) is 42.5 Å². The molecule has 1 aliphatic heterocycles. The minimum atomic E-state index is -0.884. The van der Waals surface area contributed by atoms with Gasteiger partial charge in [-0.05, 0) is 66.2 Å². The summed E-state index contributed by atoms with van der Waals surface area (Å²) in [5.74, 6) is 0.364. The van der Waals surface area contributed by atoms with Crippen molar-refractivity contribution in [3.8, 4) is 17.2 Å². The van der Waals surface area contributed by atoms with Gasteiger partial charge in [-0.1, -0.05) is 41.9 Å². The quantitative estimate of drug-likeness (QED) is 0.243. The van der Waals surface area contributed by atoms with Gasteiger partial charge in [0.1, 0.15) is 28.6 Å². The molecule has 0 radical (unpaired) electrons. The maximum Gasteiger partial charge on any atom is 0.295 e. The molecule has 5 aromatic rings. The Balaban J connectivity index is 1.56. The zero-order chi connectivity index (χ0) is 26.4. The van der Waals surface area contributed by atoms with Crippen LogP contribution in [0.2, 0.25) is 5.02 Å². The predicted molar refractivity (Wildman–Crippen MR) is 142 cm³/mol. The minimum Gasteiger partial charge on any atom is -0.495 e. The molecule has 6 rings (SSSR count). The van der Waals surface area contributed by atoms with E-state index in [9.17, 15) is 14.0 Å². The molecular formula is C30H19ClFNO5. The Kier molecular flexibility index (Phi) is 5.85. The summed E-state index contributed by atoms with van der Waals surface area (Å²) in [6.45, 7) is 0. The molecule has 0 fully saturated rings. The third-order valence-corrected chi connectivity index (χ3v) is 6.69. The number of carbonyl (C=O) groups is 1. The third kappa shape index (κ3) is 3.97. The molecule has 1 aliphatic rings. The monoisotopic (exact) mass is 527 g/mol. The van der Waals surface area contributed by atoms with Crippen LogP contribution in [0.4, 0.5) is 10.1 Å². The van der Waals surface area contributed by atoms with E-state index in [0.29, 0.717) is 33.5 Å². The summed E-state index contributed by atoms with van der Waals surface area (Å²) in [5.41, 5.74) is 0.771. The number of halogens is 2. The van der Waals surface area contributed by atoms with Gasteiger partial charge in [-0.3, -0.25) is 14.5 Å². The number of rotatable bonds is 5. The van der Waals surface area contributed by atoms with E-state index < -0.39 is 23.2 Å². The molecule has 4 aromatic carbocycles. The molecule has 1 atom stereocenters. The second-order valence-corrected chi connectivity index (χ2v) is 9.11. The molecule has 1 amide bonds. The van der Waals surface area contributed by atoms with E-state index in [0.717, 1.165) is 6.07 Å². The molecular weight excluding hydrogens is 509 g/mol. The Morgan fingerprint density at radius 2 is 1.68 bits per heavy atom. The van der Waals surface area contributed by atoms with Gasteiger partial charge in [0.05, 0.1) is 29.1 Å². The standard InChI is InChI=1S/C30H19ClFNO5/c1-36-25-13-11-19(16-23(25)31)33-27(17-6-5-9-21(14-17)37-20-7-3-2-4-8-20)26-28(34)22-15-18(32)10-12-24(22)38-29(26)30(33)35/h2-16,27H,1H3. The number of hydrogen-bond acceptors (Lipinski definition) is 5. The van der Waals surface area contributed by atoms with Crippen molar-refractivity contribution in [3.63, 3.8) is 0 Å². The number of nitrogens with zero attached hydrogens (tertiary/aromatic N) is 1. The maximum absolute atomic E-state index is 14.1. The van der Waals surface area contributed by atoms with Crippen molar-refractivity contribution in [2.75, 3.05) is 12.0 Å². The van der Waals surface area contributed by atoms with Gasteiger partial charge in [0.2, 0.25) is 5.76 Å². The highest BCUT2D eigenvalue weighted by molar-refractivity contribution is 6.32. The lowest BCUT2D eigenvalue weighted by molar-refractivity contribution is 0.0971. The zero-order valence-corrected chi connectivity index (χ0v) is 20.7. The number of carbonyl (C=O) groups excluding carboxylic acids is 1. The van der Waals surface area contributed by atoms with Gasteiger partial charge in [0.25, 0.3) is 5.91 Å². The van der Waals surface area contributed by atoms with Gasteiger partial charge in [-0.2, -0.15) is 0 Å². The second-order valence-electron chi connectivity index (χ2n) is 8.70. The normalized spacial score (nSPS) is 14.6. The topological polar surface area (TPSA) is 69.0 Å². The number of hydrogen-bond donors (Lipinski definition) is 0. The molecule has 0 bridgehead atoms. The zero-order valence-electron chi connectivity index (χ0n) is 20.0. The molecule has 8 heteroatoms. The Morgan fingerprint density at radius 1 is 0.895 bits per heavy atom. The lowest BCUT2D eigenvalue weighted by Crippen LogP contribution is -2.29. The summed E-state index contributed by atoms with van der Waals surface area (Å²) >= 11 is 6.40. The first-order valence-electron chi connectivity index (χ1n) is 11.7. The molecule has 188 valence electrons. The molecule has 2 heterocycles. The van der Waals surface area contributed by atoms with Gasteiger partial charge >= 0.3 is 0 Å². The van der Waals surface area contributed by atoms with Crippen LogP contribution in [0.15, 0.2) is 100 Å². The Morgan fingerprint density at radius 3 is 2.45 bits per heavy atom. The second kappa shape index (κ2) is 9.36. The fourth-order valence-electron chi connectivity index (χ4n) is 4.70. The minimum absolute atomic E-state index is 0.0489. The highest BCUT2D eigenvalue weighted by Gasteiger charge is 2.44. The van der Waals surface area contributed by atoms with E-state index >= 15 is 0 Å². The van der Waals surface area contributed by atoms with Crippen LogP contribution in [0, 0.1) is 5.82 Å². The number of fused-ring (bicyclic) bond motifs is 2. The Hall–Kier alpha value is -4.62. The summed E-state index contributed by atoms with van der Waals surface area (Å²) in [6, 6.07) is 24.0. The van der Waals surface area contributed by atoms with Crippen molar-refractivity contribution in [3.05, 3.63) is 129 Å². The van der Waals surface area contributed by atoms with Crippen molar-refractivity contribution in [1.82, 2.24) is 0 Å². The number of anilines is 1. The Bertz CT molecular complexity index is 1770. The SMILES string of the molecule is COc1ccc(N2C(=O)c3oc4ccc(F)cc4c(=O)c3C2c2cccc(Oc3ccccc3)c2)cc1Cl. The summed E-state index contributed by atoms with van der Waals surface area (Å²) in [4.78, 5) is 29.0. The highest BCUT2D eigenvalue weighted by Crippen LogP contribution is 2.43. The van der Waals surface area contributed by atoms with Gasteiger partial charge in [-0.15, -0.1) is 0 Å². The van der Waals surface area contributed by atoms with Crippen molar-refractivity contribution < 1.29 is 23.1 Å². The summed E-state index contributed by atoms with van der Waals surface area (Å²) in [7, 11) is 1.49. The van der Waals surface area contributed by atoms with Crippen LogP contribution in [-0.2, 0) is 0 Å². The maximum atomic E-state index is 14.1. The molecule has 0 saturated carbocycles. The van der Waals surface area contributed by atoms with Gasteiger partial charge < -0.3 is 13.9 Å². The lowest BCUT2D eigenvalue weighted by atomic mass is 9.98. The predicted octanol–water partition coefficient (Wildman–Crippen LogP) is 7.14. The number of ether oxygens (including phenoxy) is 2. The molecule has 0 aliphatic carbocycles. The Labute approximate surface area is 221 Å². The number of benzene rings is 4. The fraction of sp³-hybridized carbons (Fsp3) is 0.0667. The number of amides is 1. The van der Waals surface area contributed by atoms with Crippen molar-refractivity contribution in [2.45, 2.75) is 6.04 Å². The molecule has 0 N–H and O–H groups in total. The molecule has 0 saturated heterocycles. The number of para-hydroxylation sites is 1. The first-order valence-corrected chi connectivity index (χ1v) is 12.1. The van der Waals surface area contributed by atoms with E-state index in [1.807, 2.05) is 30.3 Å². The molecule has 0 spiro atoms. The molecule has 1 unspecified atom stereocenters. The summed E-state index contributed by atoms with van der Waals surface area (Å²) in [6.07, 6.45) is 0. The fourth-order valence-corrected chi connectivity index (χ4v) is 4.96. The van der Waals surface area contributed by atoms with Crippen LogP contribution in [-0.4, -0.2) is 13.0 Å². The van der Waals surface area contributed by atoms with Crippen LogP contribution < -0.4 is 19.8 Å². The molecule has 1 aromatic heterocycles. The van der Waals surface area contributed by atoms with Gasteiger partial charge in [0.15, 0.2) is 5.43 Å². The first kappa shape index (κ1) is 23.8. The van der Waals surface area contributed by atoms with E-state index in [-0.39, 0.29) is 22.3 Å². The van der Waals surface area contributed by atoms with Crippen molar-refractivity contribution in [2.24, 2.45) is 0 Å². The number of methoxy groups -OCH3 is 1. The van der Waals surface area contributed by atoms with Crippen molar-refractivity contribution >= 4 is 34.2 Å². The lowest BCUT2D eigenvalue weighted by Gasteiger charge is -2.26. The van der Waals surface area contributed by atoms with E-state index in [2.05, 4.69) is 0 Å². The van der Waals surface area contributed by atoms with Crippen LogP contribution in [0.3, 0.4) is 0 Å². The van der Waals surface area contributed by atoms with Gasteiger partial charge in [0, 0.05) is 5.69 Å². The highest BCUT2D eigenvalue weighted by atomic mass is 35.5. The first-order chi connectivity index (χ1) is 18.4. The smallest absolute Gasteiger partial charge is 0.295 e. The van der Waals surface area contributed by atoms with E-state index in [4.69, 9.17) is 25.5 Å². The summed E-state index contributed by atoms with van der Waals surface area (Å²) in [5, 5.41) is 0.341. The molecule has 38 heavy (non-hydrogen) atoms. The largest absolute Gasteiger partial charge is 0.495 e. The van der Waals surface area contributed by atoms with E-state index in [1.165, 1.54) is 24.1 Å². The third-order valence-electron chi connectivity index (χ3n) is 6.40. The van der Waals surface area contributed by atoms with Crippen molar-refractivity contribution in [1.29, 1.82) is 0 Å². The molecule has 6 nitrogen and oxygen atoms in total.